The molecule has 0 bridgehead atoms. The van der Waals surface area contributed by atoms with Crippen molar-refractivity contribution in [3.05, 3.63) is 58.9 Å². The van der Waals surface area contributed by atoms with Gasteiger partial charge in [0, 0.05) is 49.0 Å². The third-order valence-corrected chi connectivity index (χ3v) is 7.60. The quantitative estimate of drug-likeness (QED) is 0.658. The summed E-state index contributed by atoms with van der Waals surface area (Å²) in [6.45, 7) is 11.8. The monoisotopic (exact) mass is 517 g/mol. The summed E-state index contributed by atoms with van der Waals surface area (Å²) in [6, 6.07) is 11.8. The molecule has 4 heterocycles. The average molecular weight is 518 g/mol. The minimum Gasteiger partial charge on any atom is -0.444 e. The largest absolute Gasteiger partial charge is 0.444 e. The molecule has 0 saturated carbocycles. The highest BCUT2D eigenvalue weighted by molar-refractivity contribution is 5.94. The molecule has 0 unspecified atom stereocenters. The Morgan fingerprint density at radius 2 is 2.00 bits per heavy atom. The zero-order chi connectivity index (χ0) is 27.1. The summed E-state index contributed by atoms with van der Waals surface area (Å²) in [6.07, 6.45) is 2.55. The van der Waals surface area contributed by atoms with Gasteiger partial charge in [-0.05, 0) is 69.5 Å². The lowest BCUT2D eigenvalue weighted by Crippen LogP contribution is -2.60. The fraction of sp³-hybridized carbons (Fsp3) is 0.517. The fourth-order valence-electron chi connectivity index (χ4n) is 5.56. The van der Waals surface area contributed by atoms with Gasteiger partial charge in [0.05, 0.1) is 31.5 Å². The summed E-state index contributed by atoms with van der Waals surface area (Å²) in [7, 11) is 0. The average Bonchev–Trinajstić information content (AvgIpc) is 3.32. The molecule has 1 aromatic carbocycles. The normalized spacial score (nSPS) is 21.9. The van der Waals surface area contributed by atoms with E-state index < -0.39 is 11.0 Å². The van der Waals surface area contributed by atoms with E-state index in [0.29, 0.717) is 38.4 Å². The molecule has 3 aliphatic heterocycles. The van der Waals surface area contributed by atoms with E-state index in [1.165, 1.54) is 0 Å². The highest BCUT2D eigenvalue weighted by Gasteiger charge is 2.50. The van der Waals surface area contributed by atoms with Crippen LogP contribution in [0.1, 0.15) is 61.3 Å². The van der Waals surface area contributed by atoms with E-state index in [1.54, 1.807) is 17.2 Å². The number of anilines is 1. The number of hydrogen-bond donors (Lipinski definition) is 1. The molecule has 9 nitrogen and oxygen atoms in total. The second-order valence-electron chi connectivity index (χ2n) is 12.0. The van der Waals surface area contributed by atoms with E-state index in [1.807, 2.05) is 52.0 Å². The molecule has 38 heavy (non-hydrogen) atoms. The number of aromatic nitrogens is 1. The lowest BCUT2D eigenvalue weighted by molar-refractivity contribution is -0.0266. The number of ether oxygens (including phenoxy) is 2. The first-order valence-electron chi connectivity index (χ1n) is 13.1. The summed E-state index contributed by atoms with van der Waals surface area (Å²) >= 11 is 0. The first kappa shape index (κ1) is 26.0. The van der Waals surface area contributed by atoms with Crippen molar-refractivity contribution in [1.29, 1.82) is 5.26 Å². The van der Waals surface area contributed by atoms with E-state index >= 15 is 0 Å². The van der Waals surface area contributed by atoms with Crippen LogP contribution in [0.5, 0.6) is 0 Å². The van der Waals surface area contributed by atoms with Crippen LogP contribution in [-0.2, 0) is 28.0 Å². The number of nitrogens with one attached hydrogen (secondary N) is 1. The first-order chi connectivity index (χ1) is 18.0. The third-order valence-electron chi connectivity index (χ3n) is 7.60. The van der Waals surface area contributed by atoms with Crippen molar-refractivity contribution in [2.75, 3.05) is 37.7 Å². The van der Waals surface area contributed by atoms with Crippen LogP contribution in [-0.4, -0.2) is 60.3 Å². The van der Waals surface area contributed by atoms with Gasteiger partial charge in [0.2, 0.25) is 0 Å². The second kappa shape index (κ2) is 9.59. The van der Waals surface area contributed by atoms with Crippen molar-refractivity contribution in [3.63, 3.8) is 0 Å². The number of pyridine rings is 1. The van der Waals surface area contributed by atoms with Crippen LogP contribution >= 0.6 is 0 Å². The van der Waals surface area contributed by atoms with Crippen molar-refractivity contribution in [2.24, 2.45) is 5.41 Å². The Hall–Kier alpha value is -3.64. The molecule has 1 N–H and O–H groups in total. The van der Waals surface area contributed by atoms with Crippen LogP contribution in [0, 0.1) is 16.7 Å². The number of hydrogen-bond acceptors (Lipinski definition) is 7. The first-order valence-corrected chi connectivity index (χ1v) is 13.1. The summed E-state index contributed by atoms with van der Waals surface area (Å²) in [5, 5.41) is 12.6. The van der Waals surface area contributed by atoms with E-state index in [9.17, 15) is 14.9 Å². The van der Waals surface area contributed by atoms with Gasteiger partial charge < -0.3 is 24.6 Å². The van der Waals surface area contributed by atoms with Crippen LogP contribution in [0.3, 0.4) is 0 Å². The molecule has 9 heteroatoms. The molecule has 0 radical (unpaired) electrons. The van der Waals surface area contributed by atoms with Gasteiger partial charge in [0.25, 0.3) is 5.91 Å². The number of nitrogens with zero attached hydrogens (tertiary/aromatic N) is 4. The lowest BCUT2D eigenvalue weighted by atomic mass is 9.79. The van der Waals surface area contributed by atoms with Gasteiger partial charge in [-0.1, -0.05) is 6.07 Å². The van der Waals surface area contributed by atoms with Gasteiger partial charge in [-0.2, -0.15) is 5.26 Å². The maximum absolute atomic E-state index is 12.9. The Kier molecular flexibility index (Phi) is 6.56. The maximum atomic E-state index is 12.9. The minimum atomic E-state index is -0.767. The van der Waals surface area contributed by atoms with Crippen molar-refractivity contribution in [3.8, 4) is 6.07 Å². The van der Waals surface area contributed by atoms with E-state index in [4.69, 9.17) is 9.47 Å². The van der Waals surface area contributed by atoms with Crippen LogP contribution in [0.15, 0.2) is 36.5 Å². The van der Waals surface area contributed by atoms with Crippen molar-refractivity contribution in [1.82, 2.24) is 15.2 Å². The molecule has 3 aliphatic rings. The Morgan fingerprint density at radius 1 is 1.21 bits per heavy atom. The molecule has 5 rings (SSSR count). The fourth-order valence-corrected chi connectivity index (χ4v) is 5.56. The topological polar surface area (TPSA) is 108 Å². The van der Waals surface area contributed by atoms with Gasteiger partial charge in [-0.3, -0.25) is 9.78 Å². The Balaban J connectivity index is 1.18. The van der Waals surface area contributed by atoms with Crippen molar-refractivity contribution >= 4 is 17.7 Å². The van der Waals surface area contributed by atoms with Gasteiger partial charge in [-0.15, -0.1) is 0 Å². The molecule has 1 spiro atoms. The van der Waals surface area contributed by atoms with E-state index in [-0.39, 0.29) is 17.4 Å². The Morgan fingerprint density at radius 3 is 2.74 bits per heavy atom. The highest BCUT2D eigenvalue weighted by atomic mass is 16.6. The van der Waals surface area contributed by atoms with Crippen LogP contribution in [0.25, 0.3) is 0 Å². The standard InChI is InChI=1S/C29H35N5O4/c1-27(2,3)38-26(36)34-17-29(18-34)8-10-33(16-29)23-7-9-31-22(12-23)13-32-25(35)20-5-6-21-14-37-19-28(4,15-30)24(21)11-20/h5-7,9,11-12H,8,10,13-14,16-19H2,1-4H3,(H,32,35)/t28-/m1/s1. The van der Waals surface area contributed by atoms with Gasteiger partial charge in [0.1, 0.15) is 11.0 Å². The zero-order valence-corrected chi connectivity index (χ0v) is 22.5. The van der Waals surface area contributed by atoms with Gasteiger partial charge in [-0.25, -0.2) is 4.79 Å². The molecular weight excluding hydrogens is 482 g/mol. The number of fused-ring (bicyclic) bond motifs is 1. The summed E-state index contributed by atoms with van der Waals surface area (Å²) in [5.41, 5.74) is 2.99. The lowest BCUT2D eigenvalue weighted by Gasteiger charge is -2.47. The number of rotatable bonds is 4. The summed E-state index contributed by atoms with van der Waals surface area (Å²) in [4.78, 5) is 33.9. The molecule has 200 valence electrons. The molecule has 2 amide bonds. The molecule has 1 aromatic heterocycles. The van der Waals surface area contributed by atoms with E-state index in [0.717, 1.165) is 42.0 Å². The number of benzene rings is 1. The number of carbonyl (C=O) groups excluding carboxylic acids is 2. The van der Waals surface area contributed by atoms with Crippen LogP contribution in [0.2, 0.25) is 0 Å². The molecular formula is C29H35N5O4. The van der Waals surface area contributed by atoms with Gasteiger partial charge in [0.15, 0.2) is 0 Å². The smallest absolute Gasteiger partial charge is 0.410 e. The van der Waals surface area contributed by atoms with Gasteiger partial charge >= 0.3 is 6.09 Å². The number of amides is 2. The number of carbonyl (C=O) groups is 2. The van der Waals surface area contributed by atoms with Crippen LogP contribution in [0.4, 0.5) is 10.5 Å². The summed E-state index contributed by atoms with van der Waals surface area (Å²) < 4.78 is 11.1. The van der Waals surface area contributed by atoms with Crippen LogP contribution < -0.4 is 10.2 Å². The molecule has 2 fully saturated rings. The number of likely N-dealkylation sites (tertiary alicyclic amines) is 1. The molecule has 2 aromatic rings. The third kappa shape index (κ3) is 5.18. The molecule has 1 atom stereocenters. The highest BCUT2D eigenvalue weighted by Crippen LogP contribution is 2.41. The van der Waals surface area contributed by atoms with E-state index in [2.05, 4.69) is 21.3 Å². The maximum Gasteiger partial charge on any atom is 0.410 e. The van der Waals surface area contributed by atoms with Crippen molar-refractivity contribution < 1.29 is 19.1 Å². The zero-order valence-electron chi connectivity index (χ0n) is 22.5. The molecule has 0 aliphatic carbocycles. The predicted molar refractivity (Wildman–Crippen MR) is 142 cm³/mol. The Bertz CT molecular complexity index is 1290. The minimum absolute atomic E-state index is 0.101. The number of nitriles is 1. The Labute approximate surface area is 223 Å². The SMILES string of the molecule is CC(C)(C)OC(=O)N1CC2(CCN(c3ccnc(CNC(=O)c4ccc5c(c4)[C@](C)(C#N)COC5)c3)C2)C1. The summed E-state index contributed by atoms with van der Waals surface area (Å²) in [5.74, 6) is -0.205. The second-order valence-corrected chi connectivity index (χ2v) is 12.0. The predicted octanol–water partition coefficient (Wildman–Crippen LogP) is 3.77. The molecule has 2 saturated heterocycles. The van der Waals surface area contributed by atoms with Crippen molar-refractivity contribution in [2.45, 2.75) is 58.3 Å².